The van der Waals surface area contributed by atoms with Crippen molar-refractivity contribution in [2.45, 2.75) is 24.9 Å². The minimum Gasteiger partial charge on any atom is -0.549 e. The van der Waals surface area contributed by atoms with Gasteiger partial charge in [-0.15, -0.1) is 0 Å². The van der Waals surface area contributed by atoms with Crippen LogP contribution in [0.2, 0.25) is 0 Å². The number of rotatable bonds is 10. The topological polar surface area (TPSA) is 288 Å². The number of hydrogen-bond acceptors (Lipinski definition) is 12. The molecule has 2 aromatic heterocycles. The molecular formula is C18H30MnN8O8. The van der Waals surface area contributed by atoms with Crippen LogP contribution >= 0.6 is 0 Å². The van der Waals surface area contributed by atoms with E-state index in [0.717, 1.165) is 11.4 Å². The number of aliphatic carboxylic acids is 4. The van der Waals surface area contributed by atoms with Crippen molar-refractivity contribution < 1.29 is 56.7 Å². The largest absolute Gasteiger partial charge is 2.00 e. The molecule has 0 aliphatic rings. The molecule has 0 fully saturated rings. The van der Waals surface area contributed by atoms with Crippen molar-refractivity contribution in [2.75, 3.05) is 27.2 Å². The maximum Gasteiger partial charge on any atom is 2.00 e. The van der Waals surface area contributed by atoms with Gasteiger partial charge in [-0.1, -0.05) is 0 Å². The summed E-state index contributed by atoms with van der Waals surface area (Å²) in [6.07, 6.45) is 6.67. The summed E-state index contributed by atoms with van der Waals surface area (Å²) in [5.74, 6) is -4.14. The molecule has 0 bridgehead atoms. The summed E-state index contributed by atoms with van der Waals surface area (Å²) in [7, 11) is 3.10. The second-order valence-corrected chi connectivity index (χ2v) is 6.26. The molecule has 0 saturated heterocycles. The number of nitrogens with zero attached hydrogens (tertiary/aromatic N) is 2. The molecule has 0 aliphatic carbocycles. The van der Waals surface area contributed by atoms with Crippen molar-refractivity contribution in [3.63, 3.8) is 0 Å². The number of nitrogens with one attached hydrogen (secondary N) is 4. The summed E-state index contributed by atoms with van der Waals surface area (Å²) < 4.78 is 0. The van der Waals surface area contributed by atoms with Crippen LogP contribution in [0.5, 0.6) is 0 Å². The van der Waals surface area contributed by atoms with Crippen LogP contribution in [0.1, 0.15) is 11.4 Å². The van der Waals surface area contributed by atoms with Crippen molar-refractivity contribution in [1.82, 2.24) is 30.6 Å². The molecule has 0 saturated carbocycles. The first kappa shape index (κ1) is 36.2. The number of aromatic amines is 2. The molecule has 35 heavy (non-hydrogen) atoms. The first-order valence-corrected chi connectivity index (χ1v) is 9.54. The first-order chi connectivity index (χ1) is 15.9. The van der Waals surface area contributed by atoms with Gasteiger partial charge in [-0.2, -0.15) is 0 Å². The molecule has 197 valence electrons. The average molecular weight is 541 g/mol. The second-order valence-electron chi connectivity index (χ2n) is 6.26. The van der Waals surface area contributed by atoms with Crippen LogP contribution in [0.15, 0.2) is 25.0 Å². The third-order valence-corrected chi connectivity index (χ3v) is 3.27. The molecule has 0 aromatic carbocycles. The molecule has 2 rings (SSSR count). The first-order valence-electron chi connectivity index (χ1n) is 9.54. The maximum absolute atomic E-state index is 10.3. The van der Waals surface area contributed by atoms with E-state index >= 15 is 0 Å². The van der Waals surface area contributed by atoms with E-state index in [2.05, 4.69) is 30.6 Å². The Morgan fingerprint density at radius 3 is 1.31 bits per heavy atom. The third-order valence-electron chi connectivity index (χ3n) is 3.27. The predicted molar refractivity (Wildman–Crippen MR) is 114 cm³/mol. The molecule has 0 spiro atoms. The Morgan fingerprint density at radius 1 is 0.857 bits per heavy atom. The van der Waals surface area contributed by atoms with E-state index in [9.17, 15) is 29.4 Å². The van der Waals surface area contributed by atoms with Crippen LogP contribution in [0, 0.1) is 0 Å². The zero-order valence-corrected chi connectivity index (χ0v) is 20.2. The van der Waals surface area contributed by atoms with Crippen molar-refractivity contribution in [3.05, 3.63) is 36.4 Å². The quantitative estimate of drug-likeness (QED) is 0.130. The summed E-state index contributed by atoms with van der Waals surface area (Å²) in [6.45, 7) is -0.139. The fourth-order valence-electron chi connectivity index (χ4n) is 1.73. The Kier molecular flexibility index (Phi) is 23.2. The molecule has 0 aliphatic heterocycles. The van der Waals surface area contributed by atoms with Gasteiger partial charge in [-0.05, 0) is 14.1 Å². The van der Waals surface area contributed by atoms with Crippen LogP contribution in [0.3, 0.4) is 0 Å². The van der Waals surface area contributed by atoms with Gasteiger partial charge in [0.05, 0.1) is 24.6 Å². The zero-order chi connectivity index (χ0) is 26.5. The Morgan fingerprint density at radius 2 is 1.17 bits per heavy atom. The summed E-state index contributed by atoms with van der Waals surface area (Å²) in [5, 5.41) is 40.5. The van der Waals surface area contributed by atoms with Gasteiger partial charge in [-0.25, -0.2) is 9.97 Å². The number of carboxylic acids is 4. The number of hydrogen-bond donors (Lipinski definition) is 8. The molecule has 16 nitrogen and oxygen atoms in total. The molecule has 2 atom stereocenters. The normalized spacial score (nSPS) is 10.9. The summed E-state index contributed by atoms with van der Waals surface area (Å²) in [5.41, 5.74) is 12.0. The number of H-pyrrole nitrogens is 2. The predicted octanol–water partition coefficient (Wildman–Crippen LogP) is -5.36. The van der Waals surface area contributed by atoms with Crippen molar-refractivity contribution in [3.8, 4) is 0 Å². The van der Waals surface area contributed by atoms with Gasteiger partial charge in [0.15, 0.2) is 0 Å². The number of carbonyl (C=O) groups is 4. The number of nitrogens with two attached hydrogens (primary N) is 2. The van der Waals surface area contributed by atoms with Gasteiger partial charge in [0, 0.05) is 49.7 Å². The molecule has 0 amide bonds. The van der Waals surface area contributed by atoms with E-state index in [4.69, 9.17) is 21.7 Å². The number of imidazole rings is 2. The number of aromatic nitrogens is 4. The van der Waals surface area contributed by atoms with Crippen LogP contribution in [0.4, 0.5) is 0 Å². The Labute approximate surface area is 211 Å². The van der Waals surface area contributed by atoms with Crippen LogP contribution in [-0.2, 0) is 49.1 Å². The fraction of sp³-hybridized carbons (Fsp3) is 0.444. The Hall–Kier alpha value is -3.34. The molecule has 10 N–H and O–H groups in total. The van der Waals surface area contributed by atoms with Gasteiger partial charge >= 0.3 is 29.0 Å². The van der Waals surface area contributed by atoms with Crippen molar-refractivity contribution >= 4 is 23.9 Å². The minimum atomic E-state index is -1.07. The number of likely N-dealkylation sites (N-methyl/N-ethyl adjacent to an activating group) is 2. The van der Waals surface area contributed by atoms with Gasteiger partial charge in [0.1, 0.15) is 12.1 Å². The van der Waals surface area contributed by atoms with Gasteiger partial charge in [0.25, 0.3) is 0 Å². The maximum atomic E-state index is 10.3. The minimum absolute atomic E-state index is 0. The zero-order valence-electron chi connectivity index (χ0n) is 19.1. The van der Waals surface area contributed by atoms with Crippen LogP contribution in [0.25, 0.3) is 0 Å². The second kappa shape index (κ2) is 22.5. The summed E-state index contributed by atoms with van der Waals surface area (Å²) >= 11 is 0. The molecule has 2 aromatic rings. The van der Waals surface area contributed by atoms with E-state index in [-0.39, 0.29) is 43.0 Å². The van der Waals surface area contributed by atoms with Gasteiger partial charge in [0.2, 0.25) is 0 Å². The van der Waals surface area contributed by atoms with Crippen LogP contribution < -0.4 is 32.3 Å². The van der Waals surface area contributed by atoms with E-state index in [1.165, 1.54) is 12.7 Å². The van der Waals surface area contributed by atoms with Crippen molar-refractivity contribution in [2.24, 2.45) is 11.5 Å². The third kappa shape index (κ3) is 23.6. The summed E-state index contributed by atoms with van der Waals surface area (Å²) in [4.78, 5) is 52.4. The van der Waals surface area contributed by atoms with E-state index in [1.54, 1.807) is 26.5 Å². The fourth-order valence-corrected chi connectivity index (χ4v) is 1.73. The van der Waals surface area contributed by atoms with E-state index in [1.807, 2.05) is 0 Å². The van der Waals surface area contributed by atoms with Crippen LogP contribution in [-0.4, -0.2) is 93.3 Å². The Bertz CT molecular complexity index is 752. The SMILES string of the molecule is CNCC(=O)[O-].CNCC(=O)[O-].N[C@@H](Cc1cnc[nH]1)C(=O)O.N[C@@H](Cc1cnc[nH]1)C(=O)O.[Mn+2]. The monoisotopic (exact) mass is 541 g/mol. The van der Waals surface area contributed by atoms with E-state index < -0.39 is 36.0 Å². The molecule has 1 radical (unpaired) electrons. The molecular weight excluding hydrogens is 511 g/mol. The molecule has 2 heterocycles. The molecule has 0 unspecified atom stereocenters. The Balaban J connectivity index is -0.000000404. The molecule has 17 heteroatoms. The smallest absolute Gasteiger partial charge is 0.549 e. The summed E-state index contributed by atoms with van der Waals surface area (Å²) in [6, 6.07) is -1.70. The van der Waals surface area contributed by atoms with E-state index in [0.29, 0.717) is 0 Å². The van der Waals surface area contributed by atoms with Gasteiger partial charge in [-0.3, -0.25) is 9.59 Å². The van der Waals surface area contributed by atoms with Gasteiger partial charge < -0.3 is 62.1 Å². The standard InChI is InChI=1S/2C6H9N3O2.2C3H7NO2.Mn/c2*7-5(6(10)11)1-4-2-8-3-9-4;2*1-4-2-3(5)6;/h2*2-3,5H,1,7H2,(H,8,9)(H,10,11);2*4H,2H2,1H3,(H,5,6);/q;;;;+2/p-2/t2*5-;;;/m00.../s1. The number of carboxylic acid groups (broad SMARTS) is 4. The number of carbonyl (C=O) groups excluding carboxylic acids is 2. The average Bonchev–Trinajstić information content (AvgIpc) is 3.43. The van der Waals surface area contributed by atoms with Crippen molar-refractivity contribution in [1.29, 1.82) is 0 Å².